The number of benzene rings is 2. The van der Waals surface area contributed by atoms with Crippen LogP contribution in [-0.4, -0.2) is 17.5 Å². The standard InChI is InChI=1S/C20H17NO3/c1-12-17(23-3)9-8-15-19(22)18(24-20(12)15)10-13-11-21(2)16-7-5-4-6-14(13)16/h4-11H,1-3H3/b18-10+. The van der Waals surface area contributed by atoms with Crippen LogP contribution in [0.15, 0.2) is 48.4 Å². The fourth-order valence-corrected chi connectivity index (χ4v) is 3.22. The topological polar surface area (TPSA) is 40.5 Å². The third-order valence-electron chi connectivity index (χ3n) is 4.47. The summed E-state index contributed by atoms with van der Waals surface area (Å²) in [4.78, 5) is 12.7. The molecule has 0 atom stereocenters. The third kappa shape index (κ3) is 2.03. The summed E-state index contributed by atoms with van der Waals surface area (Å²) in [6.07, 6.45) is 3.82. The van der Waals surface area contributed by atoms with Crippen molar-refractivity contribution in [3.05, 3.63) is 65.0 Å². The molecule has 120 valence electrons. The number of carbonyl (C=O) groups excluding carboxylic acids is 1. The molecule has 1 aliphatic heterocycles. The number of methoxy groups -OCH3 is 1. The van der Waals surface area contributed by atoms with Crippen LogP contribution in [0.2, 0.25) is 0 Å². The van der Waals surface area contributed by atoms with Crippen molar-refractivity contribution in [2.75, 3.05) is 7.11 Å². The first-order valence-electron chi connectivity index (χ1n) is 7.76. The first-order chi connectivity index (χ1) is 11.6. The van der Waals surface area contributed by atoms with Gasteiger partial charge >= 0.3 is 0 Å². The Bertz CT molecular complexity index is 1010. The summed E-state index contributed by atoms with van der Waals surface area (Å²) >= 11 is 0. The third-order valence-corrected chi connectivity index (χ3v) is 4.47. The van der Waals surface area contributed by atoms with Gasteiger partial charge in [-0.3, -0.25) is 4.79 Å². The molecule has 3 aromatic rings. The van der Waals surface area contributed by atoms with E-state index in [0.29, 0.717) is 22.8 Å². The van der Waals surface area contributed by atoms with Crippen LogP contribution in [0.3, 0.4) is 0 Å². The molecule has 24 heavy (non-hydrogen) atoms. The number of hydrogen-bond donors (Lipinski definition) is 0. The van der Waals surface area contributed by atoms with Gasteiger partial charge in [0, 0.05) is 35.3 Å². The number of ether oxygens (including phenoxy) is 2. The monoisotopic (exact) mass is 319 g/mol. The summed E-state index contributed by atoms with van der Waals surface area (Å²) in [5.41, 5.74) is 3.50. The lowest BCUT2D eigenvalue weighted by Gasteiger charge is -2.07. The molecule has 0 aliphatic carbocycles. The van der Waals surface area contributed by atoms with Crippen molar-refractivity contribution in [3.63, 3.8) is 0 Å². The van der Waals surface area contributed by atoms with E-state index >= 15 is 0 Å². The Kier molecular flexibility index (Phi) is 3.20. The van der Waals surface area contributed by atoms with Crippen LogP contribution in [0.25, 0.3) is 17.0 Å². The second-order valence-corrected chi connectivity index (χ2v) is 5.92. The highest BCUT2D eigenvalue weighted by molar-refractivity contribution is 6.15. The van der Waals surface area contributed by atoms with Crippen LogP contribution in [0.5, 0.6) is 11.5 Å². The molecule has 4 heteroatoms. The molecule has 4 rings (SSSR count). The molecular formula is C20H17NO3. The van der Waals surface area contributed by atoms with E-state index in [0.717, 1.165) is 22.0 Å². The molecule has 0 amide bonds. The van der Waals surface area contributed by atoms with Gasteiger partial charge < -0.3 is 14.0 Å². The van der Waals surface area contributed by atoms with Gasteiger partial charge in [-0.1, -0.05) is 18.2 Å². The molecule has 2 aromatic carbocycles. The van der Waals surface area contributed by atoms with Gasteiger partial charge in [0.1, 0.15) is 11.5 Å². The Morgan fingerprint density at radius 3 is 2.75 bits per heavy atom. The largest absolute Gasteiger partial charge is 0.496 e. The molecule has 0 spiro atoms. The Morgan fingerprint density at radius 2 is 1.96 bits per heavy atom. The van der Waals surface area contributed by atoms with Crippen LogP contribution in [0, 0.1) is 6.92 Å². The fraction of sp³-hybridized carbons (Fsp3) is 0.150. The predicted molar refractivity (Wildman–Crippen MR) is 93.6 cm³/mol. The van der Waals surface area contributed by atoms with E-state index in [1.165, 1.54) is 0 Å². The van der Waals surface area contributed by atoms with Gasteiger partial charge in [0.2, 0.25) is 5.78 Å². The predicted octanol–water partition coefficient (Wildman–Crippen LogP) is 4.11. The molecular weight excluding hydrogens is 302 g/mol. The van der Waals surface area contributed by atoms with Crippen LogP contribution in [-0.2, 0) is 7.05 Å². The number of hydrogen-bond acceptors (Lipinski definition) is 3. The smallest absolute Gasteiger partial charge is 0.231 e. The van der Waals surface area contributed by atoms with Crippen LogP contribution in [0.4, 0.5) is 0 Å². The first kappa shape index (κ1) is 14.6. The van der Waals surface area contributed by atoms with Gasteiger partial charge in [-0.25, -0.2) is 0 Å². The molecule has 0 fully saturated rings. The van der Waals surface area contributed by atoms with E-state index in [2.05, 4.69) is 6.07 Å². The number of aromatic nitrogens is 1. The SMILES string of the molecule is COc1ccc2c(c1C)O/C(=C/c1cn(C)c3ccccc13)C2=O. The fourth-order valence-electron chi connectivity index (χ4n) is 3.22. The second-order valence-electron chi connectivity index (χ2n) is 5.92. The molecule has 1 aromatic heterocycles. The summed E-state index contributed by atoms with van der Waals surface area (Å²) in [7, 11) is 3.60. The zero-order valence-electron chi connectivity index (χ0n) is 13.8. The summed E-state index contributed by atoms with van der Waals surface area (Å²) in [5, 5.41) is 1.09. The van der Waals surface area contributed by atoms with Gasteiger partial charge in [-0.2, -0.15) is 0 Å². The normalized spacial score (nSPS) is 15.0. The van der Waals surface area contributed by atoms with Gasteiger partial charge in [0.25, 0.3) is 0 Å². The highest BCUT2D eigenvalue weighted by atomic mass is 16.5. The molecule has 0 saturated carbocycles. The quantitative estimate of drug-likeness (QED) is 0.667. The van der Waals surface area contributed by atoms with Gasteiger partial charge in [0.15, 0.2) is 5.76 Å². The average molecular weight is 319 g/mol. The summed E-state index contributed by atoms with van der Waals surface area (Å²) in [6.45, 7) is 1.89. The van der Waals surface area contributed by atoms with Gasteiger partial charge in [0.05, 0.1) is 12.7 Å². The van der Waals surface area contributed by atoms with Crippen molar-refractivity contribution >= 4 is 22.8 Å². The Hall–Kier alpha value is -3.01. The number of allylic oxidation sites excluding steroid dienone is 1. The van der Waals surface area contributed by atoms with E-state index in [1.54, 1.807) is 19.2 Å². The number of Topliss-reactive ketones (excluding diaryl/α,β-unsaturated/α-hetero) is 1. The molecule has 0 N–H and O–H groups in total. The molecule has 2 heterocycles. The van der Waals surface area contributed by atoms with Crippen molar-refractivity contribution in [2.24, 2.45) is 7.05 Å². The molecule has 0 unspecified atom stereocenters. The summed E-state index contributed by atoms with van der Waals surface area (Å²) in [5.74, 6) is 1.56. The van der Waals surface area contributed by atoms with Crippen molar-refractivity contribution in [2.45, 2.75) is 6.92 Å². The number of nitrogens with zero attached hydrogens (tertiary/aromatic N) is 1. The van der Waals surface area contributed by atoms with Crippen molar-refractivity contribution < 1.29 is 14.3 Å². The number of aryl methyl sites for hydroxylation is 1. The lowest BCUT2D eigenvalue weighted by Crippen LogP contribution is -1.97. The molecule has 0 radical (unpaired) electrons. The maximum Gasteiger partial charge on any atom is 0.231 e. The number of fused-ring (bicyclic) bond motifs is 2. The van der Waals surface area contributed by atoms with Gasteiger partial charge in [-0.05, 0) is 31.2 Å². The number of rotatable bonds is 2. The zero-order valence-corrected chi connectivity index (χ0v) is 13.8. The summed E-state index contributed by atoms with van der Waals surface area (Å²) in [6, 6.07) is 11.7. The first-order valence-corrected chi connectivity index (χ1v) is 7.76. The number of carbonyl (C=O) groups is 1. The summed E-state index contributed by atoms with van der Waals surface area (Å²) < 4.78 is 13.2. The van der Waals surface area contributed by atoms with E-state index < -0.39 is 0 Å². The Balaban J connectivity index is 1.82. The Labute approximate surface area is 139 Å². The lowest BCUT2D eigenvalue weighted by molar-refractivity contribution is 0.101. The van der Waals surface area contributed by atoms with Crippen molar-refractivity contribution in [3.8, 4) is 11.5 Å². The molecule has 1 aliphatic rings. The van der Waals surface area contributed by atoms with E-state index in [1.807, 2.05) is 49.0 Å². The number of para-hydroxylation sites is 1. The zero-order chi connectivity index (χ0) is 16.8. The van der Waals surface area contributed by atoms with Gasteiger partial charge in [-0.15, -0.1) is 0 Å². The second kappa shape index (κ2) is 5.27. The van der Waals surface area contributed by atoms with Crippen LogP contribution < -0.4 is 9.47 Å². The molecule has 0 bridgehead atoms. The Morgan fingerprint density at radius 1 is 1.17 bits per heavy atom. The van der Waals surface area contributed by atoms with Crippen molar-refractivity contribution in [1.82, 2.24) is 4.57 Å². The number of ketones is 1. The van der Waals surface area contributed by atoms with Crippen LogP contribution in [0.1, 0.15) is 21.5 Å². The minimum absolute atomic E-state index is 0.0938. The highest BCUT2D eigenvalue weighted by Crippen LogP contribution is 2.39. The highest BCUT2D eigenvalue weighted by Gasteiger charge is 2.30. The average Bonchev–Trinajstić information content (AvgIpc) is 3.08. The minimum atomic E-state index is -0.0938. The maximum absolute atomic E-state index is 12.7. The minimum Gasteiger partial charge on any atom is -0.496 e. The maximum atomic E-state index is 12.7. The molecule has 0 saturated heterocycles. The van der Waals surface area contributed by atoms with Crippen molar-refractivity contribution in [1.29, 1.82) is 0 Å². The van der Waals surface area contributed by atoms with Crippen LogP contribution >= 0.6 is 0 Å². The van der Waals surface area contributed by atoms with E-state index in [9.17, 15) is 4.79 Å². The molecule has 4 nitrogen and oxygen atoms in total. The van der Waals surface area contributed by atoms with E-state index in [4.69, 9.17) is 9.47 Å². The lowest BCUT2D eigenvalue weighted by atomic mass is 10.1. The van der Waals surface area contributed by atoms with E-state index in [-0.39, 0.29) is 5.78 Å².